The number of nitrogens with zero attached hydrogens (tertiary/aromatic N) is 2. The van der Waals surface area contributed by atoms with E-state index in [1.165, 1.54) is 24.1 Å². The summed E-state index contributed by atoms with van der Waals surface area (Å²) in [4.78, 5) is 4.44. The molecule has 0 spiro atoms. The van der Waals surface area contributed by atoms with Gasteiger partial charge in [0.15, 0.2) is 0 Å². The smallest absolute Gasteiger partial charge is 0.113 e. The fourth-order valence-electron chi connectivity index (χ4n) is 2.37. The summed E-state index contributed by atoms with van der Waals surface area (Å²) in [6, 6.07) is 7.33. The lowest BCUT2D eigenvalue weighted by Gasteiger charge is -2.11. The molecule has 0 amide bonds. The van der Waals surface area contributed by atoms with Crippen LogP contribution in [0.25, 0.3) is 5.69 Å². The van der Waals surface area contributed by atoms with Gasteiger partial charge in [0.2, 0.25) is 0 Å². The van der Waals surface area contributed by atoms with E-state index in [1.54, 1.807) is 0 Å². The summed E-state index contributed by atoms with van der Waals surface area (Å²) in [5, 5.41) is 3.55. The summed E-state index contributed by atoms with van der Waals surface area (Å²) in [6.07, 6.45) is 8.68. The highest BCUT2D eigenvalue weighted by Crippen LogP contribution is 2.25. The summed E-state index contributed by atoms with van der Waals surface area (Å²) in [5.41, 5.74) is 2.49. The number of hydrogen-bond acceptors (Lipinski definition) is 2. The van der Waals surface area contributed by atoms with E-state index >= 15 is 0 Å². The molecule has 0 radical (unpaired) electrons. The minimum absolute atomic E-state index is 0.748. The Hall–Kier alpha value is -1.13. The molecule has 1 N–H and O–H groups in total. The molecule has 4 heteroatoms. The van der Waals surface area contributed by atoms with E-state index < -0.39 is 0 Å². The van der Waals surface area contributed by atoms with Gasteiger partial charge in [0.1, 0.15) is 5.82 Å². The van der Waals surface area contributed by atoms with Crippen LogP contribution in [0.1, 0.15) is 37.6 Å². The molecule has 20 heavy (non-hydrogen) atoms. The van der Waals surface area contributed by atoms with Gasteiger partial charge in [-0.3, -0.25) is 0 Å². The van der Waals surface area contributed by atoms with Crippen molar-refractivity contribution in [2.24, 2.45) is 0 Å². The zero-order valence-electron chi connectivity index (χ0n) is 11.8. The van der Waals surface area contributed by atoms with Crippen LogP contribution in [-0.4, -0.2) is 15.6 Å². The van der Waals surface area contributed by atoms with Gasteiger partial charge >= 0.3 is 0 Å². The van der Waals surface area contributed by atoms with Crippen LogP contribution in [0.2, 0.25) is 0 Å². The Bertz CT molecular complexity index is 587. The predicted molar refractivity (Wildman–Crippen MR) is 85.1 cm³/mol. The molecule has 1 aliphatic rings. The quantitative estimate of drug-likeness (QED) is 0.870. The van der Waals surface area contributed by atoms with Crippen LogP contribution >= 0.6 is 15.9 Å². The SMILES string of the molecule is CCCc1nccn1-c1ccc(CNC2CC2)cc1Br. The lowest BCUT2D eigenvalue weighted by molar-refractivity contribution is 0.687. The van der Waals surface area contributed by atoms with Crippen LogP contribution in [0.5, 0.6) is 0 Å². The number of aromatic nitrogens is 2. The van der Waals surface area contributed by atoms with Crippen molar-refractivity contribution < 1.29 is 0 Å². The standard InChI is InChI=1S/C16H20BrN3/c1-2-3-16-18-8-9-20(16)15-7-4-12(10-14(15)17)11-19-13-5-6-13/h4,7-10,13,19H,2-3,5-6,11H2,1H3. The van der Waals surface area contributed by atoms with Crippen LogP contribution < -0.4 is 5.32 Å². The minimum atomic E-state index is 0.748. The van der Waals surface area contributed by atoms with Crippen molar-refractivity contribution in [2.45, 2.75) is 45.2 Å². The molecule has 2 aromatic rings. The van der Waals surface area contributed by atoms with Gasteiger partial charge in [-0.25, -0.2) is 4.98 Å². The fraction of sp³-hybridized carbons (Fsp3) is 0.438. The Morgan fingerprint density at radius 3 is 2.95 bits per heavy atom. The monoisotopic (exact) mass is 333 g/mol. The molecule has 1 heterocycles. The van der Waals surface area contributed by atoms with E-state index in [0.29, 0.717) is 0 Å². The molecule has 1 fully saturated rings. The Morgan fingerprint density at radius 2 is 2.25 bits per heavy atom. The summed E-state index contributed by atoms with van der Waals surface area (Å²) in [5.74, 6) is 1.12. The molecule has 1 aliphatic carbocycles. The van der Waals surface area contributed by atoms with Crippen LogP contribution in [0, 0.1) is 0 Å². The first-order valence-corrected chi connectivity index (χ1v) is 8.11. The van der Waals surface area contributed by atoms with Gasteiger partial charge in [-0.05, 0) is 52.9 Å². The Morgan fingerprint density at radius 1 is 1.40 bits per heavy atom. The number of aryl methyl sites for hydroxylation is 1. The zero-order chi connectivity index (χ0) is 13.9. The Labute approximate surface area is 128 Å². The summed E-state index contributed by atoms with van der Waals surface area (Å²) >= 11 is 3.70. The van der Waals surface area contributed by atoms with E-state index in [1.807, 2.05) is 12.4 Å². The van der Waals surface area contributed by atoms with Crippen molar-refractivity contribution in [2.75, 3.05) is 0 Å². The zero-order valence-corrected chi connectivity index (χ0v) is 13.4. The molecule has 1 aromatic carbocycles. The highest BCUT2D eigenvalue weighted by atomic mass is 79.9. The highest BCUT2D eigenvalue weighted by Gasteiger charge is 2.20. The fourth-order valence-corrected chi connectivity index (χ4v) is 2.98. The molecule has 0 saturated heterocycles. The Balaban J connectivity index is 1.80. The maximum Gasteiger partial charge on any atom is 0.113 e. The maximum atomic E-state index is 4.44. The van der Waals surface area contributed by atoms with Gasteiger partial charge in [0.05, 0.1) is 5.69 Å². The van der Waals surface area contributed by atoms with Crippen molar-refractivity contribution in [1.29, 1.82) is 0 Å². The van der Waals surface area contributed by atoms with E-state index in [2.05, 4.69) is 55.9 Å². The van der Waals surface area contributed by atoms with Crippen molar-refractivity contribution in [3.05, 3.63) is 46.5 Å². The number of benzene rings is 1. The largest absolute Gasteiger partial charge is 0.310 e. The molecule has 0 unspecified atom stereocenters. The normalized spacial score (nSPS) is 14.7. The second-order valence-electron chi connectivity index (χ2n) is 5.40. The number of nitrogens with one attached hydrogen (secondary N) is 1. The van der Waals surface area contributed by atoms with Crippen molar-refractivity contribution in [3.63, 3.8) is 0 Å². The van der Waals surface area contributed by atoms with Gasteiger partial charge in [-0.15, -0.1) is 0 Å². The summed E-state index contributed by atoms with van der Waals surface area (Å²) < 4.78 is 3.30. The molecular formula is C16H20BrN3. The second-order valence-corrected chi connectivity index (χ2v) is 6.26. The lowest BCUT2D eigenvalue weighted by atomic mass is 10.2. The number of imidazole rings is 1. The third-order valence-electron chi connectivity index (χ3n) is 3.63. The molecule has 0 aliphatic heterocycles. The van der Waals surface area contributed by atoms with Crippen molar-refractivity contribution in [3.8, 4) is 5.69 Å². The first-order valence-electron chi connectivity index (χ1n) is 7.32. The minimum Gasteiger partial charge on any atom is -0.310 e. The number of rotatable bonds is 6. The first-order chi connectivity index (χ1) is 9.78. The van der Waals surface area contributed by atoms with Gasteiger partial charge in [-0.2, -0.15) is 0 Å². The average molecular weight is 334 g/mol. The van der Waals surface area contributed by atoms with E-state index in [0.717, 1.165) is 35.7 Å². The lowest BCUT2D eigenvalue weighted by Crippen LogP contribution is -2.15. The van der Waals surface area contributed by atoms with Crippen LogP contribution in [0.4, 0.5) is 0 Å². The van der Waals surface area contributed by atoms with Crippen LogP contribution in [-0.2, 0) is 13.0 Å². The molecule has 1 aromatic heterocycles. The molecule has 0 bridgehead atoms. The van der Waals surface area contributed by atoms with Gasteiger partial charge in [0, 0.05) is 35.9 Å². The number of hydrogen-bond donors (Lipinski definition) is 1. The second kappa shape index (κ2) is 6.10. The van der Waals surface area contributed by atoms with E-state index in [-0.39, 0.29) is 0 Å². The third-order valence-corrected chi connectivity index (χ3v) is 4.27. The molecule has 3 rings (SSSR count). The Kier molecular flexibility index (Phi) is 4.22. The highest BCUT2D eigenvalue weighted by molar-refractivity contribution is 9.10. The third kappa shape index (κ3) is 3.13. The van der Waals surface area contributed by atoms with Crippen LogP contribution in [0.3, 0.4) is 0 Å². The first kappa shape index (κ1) is 13.8. The molecular weight excluding hydrogens is 314 g/mol. The molecule has 1 saturated carbocycles. The molecule has 0 atom stereocenters. The molecule has 3 nitrogen and oxygen atoms in total. The topological polar surface area (TPSA) is 29.9 Å². The maximum absolute atomic E-state index is 4.44. The molecule has 106 valence electrons. The van der Waals surface area contributed by atoms with E-state index in [4.69, 9.17) is 0 Å². The average Bonchev–Trinajstić information content (AvgIpc) is 3.17. The van der Waals surface area contributed by atoms with Gasteiger partial charge in [-0.1, -0.05) is 13.0 Å². The van der Waals surface area contributed by atoms with E-state index in [9.17, 15) is 0 Å². The van der Waals surface area contributed by atoms with Gasteiger partial charge in [0.25, 0.3) is 0 Å². The van der Waals surface area contributed by atoms with Crippen LogP contribution in [0.15, 0.2) is 35.1 Å². The predicted octanol–water partition coefficient (Wildman–Crippen LogP) is 3.84. The number of halogens is 1. The van der Waals surface area contributed by atoms with Crippen molar-refractivity contribution >= 4 is 15.9 Å². The summed E-state index contributed by atoms with van der Waals surface area (Å²) in [7, 11) is 0. The van der Waals surface area contributed by atoms with Gasteiger partial charge < -0.3 is 9.88 Å². The summed E-state index contributed by atoms with van der Waals surface area (Å²) in [6.45, 7) is 3.13. The van der Waals surface area contributed by atoms with Crippen molar-refractivity contribution in [1.82, 2.24) is 14.9 Å².